The molecule has 9 heteroatoms. The number of sulfonamides is 1. The molecule has 1 aliphatic heterocycles. The van der Waals surface area contributed by atoms with Crippen molar-refractivity contribution in [3.8, 4) is 5.75 Å². The topological polar surface area (TPSA) is 100 Å². The fourth-order valence-corrected chi connectivity index (χ4v) is 5.99. The number of methoxy groups -OCH3 is 1. The van der Waals surface area contributed by atoms with Gasteiger partial charge in [-0.2, -0.15) is 0 Å². The Kier molecular flexibility index (Phi) is 7.76. The van der Waals surface area contributed by atoms with Gasteiger partial charge in [0, 0.05) is 51.1 Å². The zero-order valence-electron chi connectivity index (χ0n) is 19.7. The van der Waals surface area contributed by atoms with Crippen LogP contribution in [0.4, 0.5) is 0 Å². The largest absolute Gasteiger partial charge is 0.497 e. The highest BCUT2D eigenvalue weighted by Crippen LogP contribution is 2.32. The molecule has 0 radical (unpaired) electrons. The molecule has 0 aliphatic carbocycles. The fourth-order valence-electron chi connectivity index (χ4n) is 4.38. The first-order valence-electron chi connectivity index (χ1n) is 11.1. The second kappa shape index (κ2) is 10.2. The van der Waals surface area contributed by atoms with Gasteiger partial charge in [-0.3, -0.25) is 9.78 Å². The molecule has 1 saturated heterocycles. The lowest BCUT2D eigenvalue weighted by molar-refractivity contribution is -0.135. The van der Waals surface area contributed by atoms with Gasteiger partial charge in [0.25, 0.3) is 0 Å². The normalized spacial score (nSPS) is 16.1. The molecule has 2 aromatic rings. The number of likely N-dealkylation sites (tertiary alicyclic amines) is 1. The van der Waals surface area contributed by atoms with Gasteiger partial charge in [0.15, 0.2) is 0 Å². The highest BCUT2D eigenvalue weighted by Gasteiger charge is 2.35. The van der Waals surface area contributed by atoms with Crippen LogP contribution in [0.1, 0.15) is 42.4 Å². The molecule has 0 bridgehead atoms. The van der Waals surface area contributed by atoms with E-state index in [1.54, 1.807) is 56.4 Å². The van der Waals surface area contributed by atoms with Gasteiger partial charge in [-0.1, -0.05) is 6.07 Å². The summed E-state index contributed by atoms with van der Waals surface area (Å²) in [5.41, 5.74) is 1.06. The summed E-state index contributed by atoms with van der Waals surface area (Å²) in [5, 5.41) is 10.9. The fraction of sp³-hybridized carbons (Fsp3) is 0.500. The lowest BCUT2D eigenvalue weighted by Gasteiger charge is -2.38. The van der Waals surface area contributed by atoms with Gasteiger partial charge in [-0.25, -0.2) is 12.7 Å². The van der Waals surface area contributed by atoms with Crippen LogP contribution in [0.2, 0.25) is 0 Å². The van der Waals surface area contributed by atoms with Crippen molar-refractivity contribution in [1.82, 2.24) is 14.2 Å². The Labute approximate surface area is 196 Å². The third-order valence-electron chi connectivity index (χ3n) is 6.34. The third kappa shape index (κ3) is 5.54. The summed E-state index contributed by atoms with van der Waals surface area (Å²) < 4.78 is 32.8. The maximum absolute atomic E-state index is 13.1. The monoisotopic (exact) mass is 475 g/mol. The number of aromatic nitrogens is 1. The Bertz CT molecular complexity index is 1060. The van der Waals surface area contributed by atoms with Gasteiger partial charge in [0.05, 0.1) is 17.6 Å². The second-order valence-electron chi connectivity index (χ2n) is 8.67. The Morgan fingerprint density at radius 1 is 1.24 bits per heavy atom. The number of aliphatic hydroxyl groups is 1. The van der Waals surface area contributed by atoms with Crippen LogP contribution < -0.4 is 4.74 Å². The number of carbonyl (C=O) groups excluding carboxylic acids is 1. The predicted molar refractivity (Wildman–Crippen MR) is 125 cm³/mol. The smallest absolute Gasteiger partial charge is 0.243 e. The van der Waals surface area contributed by atoms with E-state index in [0.717, 1.165) is 5.56 Å². The van der Waals surface area contributed by atoms with Crippen LogP contribution in [0.5, 0.6) is 5.75 Å². The molecular weight excluding hydrogens is 442 g/mol. The lowest BCUT2D eigenvalue weighted by Crippen LogP contribution is -2.45. The minimum Gasteiger partial charge on any atom is -0.497 e. The van der Waals surface area contributed by atoms with Crippen LogP contribution in [-0.4, -0.2) is 67.4 Å². The molecule has 1 amide bonds. The summed E-state index contributed by atoms with van der Waals surface area (Å²) in [5.74, 6) is 0.597. The number of rotatable bonds is 8. The molecular formula is C24H33N3O5S. The van der Waals surface area contributed by atoms with Crippen molar-refractivity contribution in [2.24, 2.45) is 0 Å². The Hall–Kier alpha value is -2.49. The molecule has 2 heterocycles. The number of hydrogen-bond acceptors (Lipinski definition) is 6. The number of pyridine rings is 1. The van der Waals surface area contributed by atoms with Crippen molar-refractivity contribution in [3.05, 3.63) is 53.3 Å². The van der Waals surface area contributed by atoms with Crippen molar-refractivity contribution >= 4 is 15.9 Å². The Morgan fingerprint density at radius 3 is 2.42 bits per heavy atom. The van der Waals surface area contributed by atoms with Crippen molar-refractivity contribution < 1.29 is 23.1 Å². The summed E-state index contributed by atoms with van der Waals surface area (Å²) in [6, 6.07) is 7.07. The number of ether oxygens (including phenoxy) is 1. The first kappa shape index (κ1) is 25.1. The number of hydrogen-bond donors (Lipinski definition) is 1. The summed E-state index contributed by atoms with van der Waals surface area (Å²) in [6.45, 7) is 4.67. The van der Waals surface area contributed by atoms with Gasteiger partial charge in [-0.05, 0) is 62.4 Å². The Balaban J connectivity index is 1.54. The molecule has 3 rings (SSSR count). The van der Waals surface area contributed by atoms with E-state index in [1.165, 1.54) is 11.4 Å². The molecule has 33 heavy (non-hydrogen) atoms. The van der Waals surface area contributed by atoms with Crippen LogP contribution in [0, 0.1) is 13.8 Å². The van der Waals surface area contributed by atoms with Gasteiger partial charge < -0.3 is 14.7 Å². The highest BCUT2D eigenvalue weighted by atomic mass is 32.2. The van der Waals surface area contributed by atoms with E-state index in [4.69, 9.17) is 4.74 Å². The molecule has 1 N–H and O–H groups in total. The molecule has 1 fully saturated rings. The van der Waals surface area contributed by atoms with Crippen molar-refractivity contribution in [2.75, 3.05) is 33.8 Å². The average molecular weight is 476 g/mol. The first-order valence-corrected chi connectivity index (χ1v) is 12.5. The van der Waals surface area contributed by atoms with Gasteiger partial charge in [0.1, 0.15) is 5.75 Å². The van der Waals surface area contributed by atoms with Gasteiger partial charge >= 0.3 is 0 Å². The minimum absolute atomic E-state index is 0.0224. The van der Waals surface area contributed by atoms with E-state index in [2.05, 4.69) is 4.98 Å². The van der Waals surface area contributed by atoms with Crippen molar-refractivity contribution in [1.29, 1.82) is 0 Å². The molecule has 180 valence electrons. The quantitative estimate of drug-likeness (QED) is 0.630. The number of benzene rings is 1. The molecule has 1 aliphatic rings. The predicted octanol–water partition coefficient (Wildman–Crippen LogP) is 2.62. The number of carbonyl (C=O) groups is 1. The molecule has 1 aromatic carbocycles. The highest BCUT2D eigenvalue weighted by molar-refractivity contribution is 7.89. The van der Waals surface area contributed by atoms with Crippen molar-refractivity contribution in [3.63, 3.8) is 0 Å². The van der Waals surface area contributed by atoms with E-state index < -0.39 is 15.6 Å². The summed E-state index contributed by atoms with van der Waals surface area (Å²) in [6.07, 6.45) is 4.92. The third-order valence-corrected chi connectivity index (χ3v) is 8.51. The zero-order valence-corrected chi connectivity index (χ0v) is 20.6. The summed E-state index contributed by atoms with van der Waals surface area (Å²) in [4.78, 5) is 18.8. The molecule has 1 aromatic heterocycles. The Morgan fingerprint density at radius 2 is 1.88 bits per heavy atom. The maximum atomic E-state index is 13.1. The molecule has 0 unspecified atom stereocenters. The maximum Gasteiger partial charge on any atom is 0.243 e. The molecule has 0 saturated carbocycles. The van der Waals surface area contributed by atoms with E-state index in [0.29, 0.717) is 49.2 Å². The van der Waals surface area contributed by atoms with Crippen LogP contribution in [0.15, 0.2) is 41.6 Å². The summed E-state index contributed by atoms with van der Waals surface area (Å²) in [7, 11) is -0.592. The van der Waals surface area contributed by atoms with Crippen LogP contribution >= 0.6 is 0 Å². The average Bonchev–Trinajstić information content (AvgIpc) is 2.79. The van der Waals surface area contributed by atoms with Gasteiger partial charge in [0.2, 0.25) is 15.9 Å². The van der Waals surface area contributed by atoms with Crippen LogP contribution in [0.25, 0.3) is 0 Å². The van der Waals surface area contributed by atoms with Crippen LogP contribution in [-0.2, 0) is 20.4 Å². The first-order chi connectivity index (χ1) is 15.6. The SMILES string of the molecule is COc1cc(C)c(S(=O)(=O)N(C)CCCC(=O)N2CCC(O)(c3cccnc3)CC2)c(C)c1. The standard InChI is InChI=1S/C24H33N3O5S/c1-18-15-21(32-4)16-19(2)23(18)33(30,31)26(3)12-6-8-22(28)27-13-9-24(29,10-14-27)20-7-5-11-25-17-20/h5,7,11,15-17,29H,6,8-10,12-14H2,1-4H3. The number of amides is 1. The van der Waals surface area contributed by atoms with E-state index in [9.17, 15) is 18.3 Å². The molecule has 0 atom stereocenters. The molecule has 0 spiro atoms. The zero-order chi connectivity index (χ0) is 24.2. The van der Waals surface area contributed by atoms with E-state index in [-0.39, 0.29) is 23.8 Å². The van der Waals surface area contributed by atoms with E-state index >= 15 is 0 Å². The van der Waals surface area contributed by atoms with E-state index in [1.807, 2.05) is 6.07 Å². The minimum atomic E-state index is -3.68. The van der Waals surface area contributed by atoms with Crippen molar-refractivity contribution in [2.45, 2.75) is 50.0 Å². The second-order valence-corrected chi connectivity index (χ2v) is 10.7. The lowest BCUT2D eigenvalue weighted by atomic mass is 9.85. The number of nitrogens with zero attached hydrogens (tertiary/aromatic N) is 3. The number of aryl methyl sites for hydroxylation is 2. The molecule has 8 nitrogen and oxygen atoms in total. The summed E-state index contributed by atoms with van der Waals surface area (Å²) >= 11 is 0. The van der Waals surface area contributed by atoms with Gasteiger partial charge in [-0.15, -0.1) is 0 Å². The number of piperidine rings is 1. The van der Waals surface area contributed by atoms with Crippen LogP contribution in [0.3, 0.4) is 0 Å².